The van der Waals surface area contributed by atoms with Gasteiger partial charge in [0.15, 0.2) is 5.69 Å². The molecule has 0 saturated heterocycles. The van der Waals surface area contributed by atoms with Gasteiger partial charge in [0, 0.05) is 5.69 Å². The Morgan fingerprint density at radius 3 is 2.56 bits per heavy atom. The Kier molecular flexibility index (Phi) is 2.26. The normalized spacial score (nSPS) is 10.7. The lowest BCUT2D eigenvalue weighted by Crippen LogP contribution is -2.02. The van der Waals surface area contributed by atoms with Gasteiger partial charge in [-0.2, -0.15) is 14.8 Å². The van der Waals surface area contributed by atoms with Crippen LogP contribution in [0.4, 0.5) is 0 Å². The quantitative estimate of drug-likeness (QED) is 0.830. The van der Waals surface area contributed by atoms with E-state index < -0.39 is 5.97 Å². The van der Waals surface area contributed by atoms with Crippen LogP contribution in [0.1, 0.15) is 27.4 Å². The second kappa shape index (κ2) is 3.48. The Morgan fingerprint density at radius 2 is 2.12 bits per heavy atom. The first-order valence-corrected chi connectivity index (χ1v) is 4.72. The molecule has 16 heavy (non-hydrogen) atoms. The molecule has 2 heterocycles. The maximum atomic E-state index is 10.7. The smallest absolute Gasteiger partial charge is 0.357 e. The van der Waals surface area contributed by atoms with Crippen LogP contribution >= 0.6 is 0 Å². The van der Waals surface area contributed by atoms with Crippen molar-refractivity contribution in [3.8, 4) is 6.01 Å². The number of aryl methyl sites for hydroxylation is 1. The van der Waals surface area contributed by atoms with Crippen LogP contribution in [0.25, 0.3) is 6.01 Å². The van der Waals surface area contributed by atoms with E-state index in [2.05, 4.69) is 10.1 Å². The molecule has 6 nitrogen and oxygen atoms in total. The van der Waals surface area contributed by atoms with Crippen LogP contribution in [-0.2, 0) is 0 Å². The minimum atomic E-state index is -1.12. The second-order valence-corrected chi connectivity index (χ2v) is 3.53. The average molecular weight is 221 g/mol. The molecule has 84 valence electrons. The third-order valence-electron chi connectivity index (χ3n) is 2.55. The number of aromatic nitrogens is 3. The molecule has 2 aromatic rings. The zero-order valence-electron chi connectivity index (χ0n) is 9.18. The lowest BCUT2D eigenvalue weighted by molar-refractivity contribution is 0.0690. The Labute approximate surface area is 91.5 Å². The van der Waals surface area contributed by atoms with E-state index in [1.807, 2.05) is 20.8 Å². The highest BCUT2D eigenvalue weighted by Crippen LogP contribution is 2.16. The van der Waals surface area contributed by atoms with E-state index in [4.69, 9.17) is 9.52 Å². The van der Waals surface area contributed by atoms with Crippen molar-refractivity contribution < 1.29 is 14.3 Å². The summed E-state index contributed by atoms with van der Waals surface area (Å²) < 4.78 is 6.57. The molecular weight excluding hydrogens is 210 g/mol. The molecule has 0 spiro atoms. The summed E-state index contributed by atoms with van der Waals surface area (Å²) >= 11 is 0. The maximum Gasteiger partial charge on any atom is 0.357 e. The van der Waals surface area contributed by atoms with Gasteiger partial charge in [-0.1, -0.05) is 0 Å². The van der Waals surface area contributed by atoms with E-state index >= 15 is 0 Å². The molecule has 0 unspecified atom stereocenters. The summed E-state index contributed by atoms with van der Waals surface area (Å²) in [6.45, 7) is 5.69. The Balaban J connectivity index is 2.50. The molecule has 0 radical (unpaired) electrons. The highest BCUT2D eigenvalue weighted by atomic mass is 16.4. The van der Waals surface area contributed by atoms with Crippen molar-refractivity contribution in [2.45, 2.75) is 20.8 Å². The highest BCUT2D eigenvalue weighted by Gasteiger charge is 2.16. The van der Waals surface area contributed by atoms with E-state index in [1.165, 1.54) is 4.68 Å². The summed E-state index contributed by atoms with van der Waals surface area (Å²) in [6.07, 6.45) is 1.10. The van der Waals surface area contributed by atoms with E-state index in [-0.39, 0.29) is 11.7 Å². The summed E-state index contributed by atoms with van der Waals surface area (Å²) in [5, 5.41) is 12.9. The van der Waals surface area contributed by atoms with Crippen LogP contribution in [0, 0.1) is 20.8 Å². The number of carbonyl (C=O) groups is 1. The molecule has 0 aliphatic heterocycles. The minimum absolute atomic E-state index is 0.125. The Bertz CT molecular complexity index is 554. The Morgan fingerprint density at radius 1 is 1.44 bits per heavy atom. The number of aromatic carboxylic acids is 1. The topological polar surface area (TPSA) is 81.2 Å². The molecule has 0 aliphatic rings. The van der Waals surface area contributed by atoms with Crippen LogP contribution in [0.15, 0.2) is 10.7 Å². The number of hydrogen-bond acceptors (Lipinski definition) is 4. The van der Waals surface area contributed by atoms with Gasteiger partial charge in [0.1, 0.15) is 6.26 Å². The zero-order valence-corrected chi connectivity index (χ0v) is 9.18. The van der Waals surface area contributed by atoms with Crippen molar-refractivity contribution in [3.05, 3.63) is 28.9 Å². The predicted molar refractivity (Wildman–Crippen MR) is 54.8 cm³/mol. The lowest BCUT2D eigenvalue weighted by Gasteiger charge is -1.96. The fourth-order valence-corrected chi connectivity index (χ4v) is 1.37. The molecule has 1 N–H and O–H groups in total. The van der Waals surface area contributed by atoms with Crippen LogP contribution in [0.3, 0.4) is 0 Å². The maximum absolute atomic E-state index is 10.7. The number of rotatable bonds is 2. The number of hydrogen-bond donors (Lipinski definition) is 1. The van der Waals surface area contributed by atoms with Crippen molar-refractivity contribution in [2.75, 3.05) is 0 Å². The number of carboxylic acids is 1. The molecule has 6 heteroatoms. The summed E-state index contributed by atoms with van der Waals surface area (Å²) in [6, 6.07) is 0.172. The Hall–Kier alpha value is -2.11. The first kappa shape index (κ1) is 10.4. The van der Waals surface area contributed by atoms with Gasteiger partial charge in [0.2, 0.25) is 0 Å². The van der Waals surface area contributed by atoms with Crippen molar-refractivity contribution in [3.63, 3.8) is 0 Å². The van der Waals surface area contributed by atoms with Crippen LogP contribution in [0.2, 0.25) is 0 Å². The molecule has 0 aromatic carbocycles. The van der Waals surface area contributed by atoms with E-state index in [0.29, 0.717) is 0 Å². The fraction of sp³-hybridized carbons (Fsp3) is 0.300. The molecule has 0 amide bonds. The van der Waals surface area contributed by atoms with Gasteiger partial charge >= 0.3 is 12.0 Å². The molecule has 2 aromatic heterocycles. The van der Waals surface area contributed by atoms with Crippen LogP contribution in [-0.4, -0.2) is 25.8 Å². The average Bonchev–Trinajstić information content (AvgIpc) is 2.79. The number of carboxylic acid groups (broad SMARTS) is 1. The second-order valence-electron chi connectivity index (χ2n) is 3.53. The molecule has 0 saturated carbocycles. The molecule has 0 fully saturated rings. The standard InChI is InChI=1S/C10H11N3O3/c1-5-6(2)12-13(7(5)3)10-11-8(4-16-10)9(14)15/h4H,1-3H3,(H,14,15). The van der Waals surface area contributed by atoms with Gasteiger partial charge in [-0.05, 0) is 26.3 Å². The monoisotopic (exact) mass is 221 g/mol. The minimum Gasteiger partial charge on any atom is -0.476 e. The summed E-state index contributed by atoms with van der Waals surface area (Å²) in [5.74, 6) is -1.12. The predicted octanol–water partition coefficient (Wildman–Crippen LogP) is 1.48. The lowest BCUT2D eigenvalue weighted by atomic mass is 10.2. The summed E-state index contributed by atoms with van der Waals surface area (Å²) in [4.78, 5) is 14.5. The van der Waals surface area contributed by atoms with Crippen molar-refractivity contribution in [1.82, 2.24) is 14.8 Å². The largest absolute Gasteiger partial charge is 0.476 e. The molecule has 0 bridgehead atoms. The molecule has 2 rings (SSSR count). The molecular formula is C10H11N3O3. The van der Waals surface area contributed by atoms with Gasteiger partial charge in [0.05, 0.1) is 5.69 Å². The van der Waals surface area contributed by atoms with Crippen LogP contribution in [0.5, 0.6) is 0 Å². The summed E-state index contributed by atoms with van der Waals surface area (Å²) in [5.41, 5.74) is 2.67. The fourth-order valence-electron chi connectivity index (χ4n) is 1.37. The van der Waals surface area contributed by atoms with Crippen molar-refractivity contribution in [1.29, 1.82) is 0 Å². The van der Waals surface area contributed by atoms with Gasteiger partial charge in [-0.3, -0.25) is 0 Å². The van der Waals surface area contributed by atoms with E-state index in [0.717, 1.165) is 23.2 Å². The van der Waals surface area contributed by atoms with Crippen molar-refractivity contribution in [2.24, 2.45) is 0 Å². The van der Waals surface area contributed by atoms with Gasteiger partial charge in [0.25, 0.3) is 0 Å². The number of nitrogens with zero attached hydrogens (tertiary/aromatic N) is 3. The first-order chi connectivity index (χ1) is 7.50. The highest BCUT2D eigenvalue weighted by molar-refractivity contribution is 5.84. The number of oxazole rings is 1. The van der Waals surface area contributed by atoms with Gasteiger partial charge in [-0.25, -0.2) is 4.79 Å². The third kappa shape index (κ3) is 1.48. The van der Waals surface area contributed by atoms with Gasteiger partial charge in [-0.15, -0.1) is 0 Å². The van der Waals surface area contributed by atoms with Gasteiger partial charge < -0.3 is 9.52 Å². The van der Waals surface area contributed by atoms with E-state index in [9.17, 15) is 4.79 Å². The zero-order chi connectivity index (χ0) is 11.9. The SMILES string of the molecule is Cc1nn(-c2nc(C(=O)O)co2)c(C)c1C. The first-order valence-electron chi connectivity index (χ1n) is 4.72. The summed E-state index contributed by atoms with van der Waals surface area (Å²) in [7, 11) is 0. The van der Waals surface area contributed by atoms with E-state index in [1.54, 1.807) is 0 Å². The molecule has 0 aliphatic carbocycles. The molecule has 0 atom stereocenters. The van der Waals surface area contributed by atoms with Crippen LogP contribution < -0.4 is 0 Å². The van der Waals surface area contributed by atoms with Crippen molar-refractivity contribution >= 4 is 5.97 Å². The third-order valence-corrected chi connectivity index (χ3v) is 2.55.